The first-order chi connectivity index (χ1) is 9.27. The van der Waals surface area contributed by atoms with Crippen molar-refractivity contribution in [1.29, 1.82) is 0 Å². The minimum atomic E-state index is -4.37. The fourth-order valence-corrected chi connectivity index (χ4v) is 2.49. The van der Waals surface area contributed by atoms with E-state index in [1.54, 1.807) is 24.1 Å². The van der Waals surface area contributed by atoms with Gasteiger partial charge in [-0.2, -0.15) is 18.3 Å². The monoisotopic (exact) mass is 347 g/mol. The number of aromatic nitrogens is 2. The van der Waals surface area contributed by atoms with Crippen molar-refractivity contribution in [3.63, 3.8) is 0 Å². The first-order valence-corrected chi connectivity index (χ1v) is 6.66. The zero-order valence-electron chi connectivity index (χ0n) is 10.7. The van der Waals surface area contributed by atoms with E-state index in [2.05, 4.69) is 21.0 Å². The van der Waals surface area contributed by atoms with Gasteiger partial charge in [-0.15, -0.1) is 0 Å². The van der Waals surface area contributed by atoms with Crippen LogP contribution in [0.1, 0.15) is 22.7 Å². The Hall–Kier alpha value is -1.34. The molecule has 0 bridgehead atoms. The molecule has 0 fully saturated rings. The Morgan fingerprint density at radius 1 is 1.40 bits per heavy atom. The van der Waals surface area contributed by atoms with Crippen LogP contribution in [0.4, 0.5) is 13.2 Å². The van der Waals surface area contributed by atoms with E-state index in [1.807, 2.05) is 0 Å². The minimum Gasteiger partial charge on any atom is -0.324 e. The summed E-state index contributed by atoms with van der Waals surface area (Å²) in [6.07, 6.45) is -0.500. The van der Waals surface area contributed by atoms with E-state index < -0.39 is 17.8 Å². The van der Waals surface area contributed by atoms with Crippen LogP contribution >= 0.6 is 15.9 Å². The molecule has 2 N–H and O–H groups in total. The number of rotatable bonds is 3. The van der Waals surface area contributed by atoms with E-state index in [4.69, 9.17) is 5.73 Å². The molecule has 1 aromatic carbocycles. The van der Waals surface area contributed by atoms with Crippen molar-refractivity contribution in [2.45, 2.75) is 18.6 Å². The summed E-state index contributed by atoms with van der Waals surface area (Å²) in [7, 11) is 1.77. The van der Waals surface area contributed by atoms with E-state index in [1.165, 1.54) is 6.07 Å². The lowest BCUT2D eigenvalue weighted by Crippen LogP contribution is -2.15. The molecular weight excluding hydrogens is 335 g/mol. The average Bonchev–Trinajstić information content (AvgIpc) is 2.73. The van der Waals surface area contributed by atoms with Gasteiger partial charge in [0.15, 0.2) is 0 Å². The highest BCUT2D eigenvalue weighted by molar-refractivity contribution is 9.10. The fourth-order valence-electron chi connectivity index (χ4n) is 1.95. The lowest BCUT2D eigenvalue weighted by molar-refractivity contribution is -0.137. The Balaban J connectivity index is 2.27. The van der Waals surface area contributed by atoms with Crippen LogP contribution in [0.2, 0.25) is 0 Å². The molecule has 0 radical (unpaired) electrons. The van der Waals surface area contributed by atoms with Crippen LogP contribution < -0.4 is 5.73 Å². The van der Waals surface area contributed by atoms with E-state index in [0.717, 1.165) is 17.7 Å². The molecule has 1 atom stereocenters. The molecule has 1 heterocycles. The fraction of sp³-hybridized carbons (Fsp3) is 0.308. The van der Waals surface area contributed by atoms with Crippen molar-refractivity contribution in [2.75, 3.05) is 0 Å². The predicted molar refractivity (Wildman–Crippen MR) is 73.0 cm³/mol. The van der Waals surface area contributed by atoms with Gasteiger partial charge in [0.2, 0.25) is 0 Å². The Bertz CT molecular complexity index is 607. The van der Waals surface area contributed by atoms with Crippen molar-refractivity contribution in [3.8, 4) is 0 Å². The lowest BCUT2D eigenvalue weighted by atomic mass is 9.99. The molecule has 0 saturated heterocycles. The highest BCUT2D eigenvalue weighted by atomic mass is 79.9. The van der Waals surface area contributed by atoms with Crippen molar-refractivity contribution in [3.05, 3.63) is 51.8 Å². The minimum absolute atomic E-state index is 0.424. The number of nitrogens with two attached hydrogens (primary N) is 1. The van der Waals surface area contributed by atoms with Crippen LogP contribution in [0.25, 0.3) is 0 Å². The van der Waals surface area contributed by atoms with Crippen LogP contribution in [-0.4, -0.2) is 9.78 Å². The third-order valence-corrected chi connectivity index (χ3v) is 3.66. The summed E-state index contributed by atoms with van der Waals surface area (Å²) in [5.74, 6) is 0. The van der Waals surface area contributed by atoms with E-state index in [-0.39, 0.29) is 0 Å². The van der Waals surface area contributed by atoms with Gasteiger partial charge in [-0.25, -0.2) is 0 Å². The predicted octanol–water partition coefficient (Wildman–Crippen LogP) is 3.44. The van der Waals surface area contributed by atoms with E-state index in [0.29, 0.717) is 16.5 Å². The van der Waals surface area contributed by atoms with Gasteiger partial charge in [-0.3, -0.25) is 4.68 Å². The second-order valence-corrected chi connectivity index (χ2v) is 5.42. The zero-order chi connectivity index (χ0) is 14.9. The van der Waals surface area contributed by atoms with Gasteiger partial charge < -0.3 is 5.73 Å². The van der Waals surface area contributed by atoms with Crippen molar-refractivity contribution < 1.29 is 13.2 Å². The number of nitrogens with zero attached hydrogens (tertiary/aromatic N) is 2. The van der Waals surface area contributed by atoms with Crippen molar-refractivity contribution in [1.82, 2.24) is 9.78 Å². The Kier molecular flexibility index (Phi) is 4.19. The highest BCUT2D eigenvalue weighted by Gasteiger charge is 2.31. The maximum atomic E-state index is 12.7. The zero-order valence-corrected chi connectivity index (χ0v) is 12.2. The molecule has 0 aliphatic carbocycles. The molecule has 0 aliphatic heterocycles. The summed E-state index contributed by atoms with van der Waals surface area (Å²) < 4.78 is 40.4. The number of benzene rings is 1. The number of aryl methyl sites for hydroxylation is 1. The molecule has 0 aliphatic rings. The second kappa shape index (κ2) is 5.57. The molecule has 2 aromatic rings. The number of hydrogen-bond donors (Lipinski definition) is 1. The molecule has 3 nitrogen and oxygen atoms in total. The molecular formula is C13H13BrF3N3. The van der Waals surface area contributed by atoms with Gasteiger partial charge in [0.1, 0.15) is 0 Å². The van der Waals surface area contributed by atoms with Gasteiger partial charge in [0, 0.05) is 23.8 Å². The number of halogens is 4. The largest absolute Gasteiger partial charge is 0.416 e. The molecule has 0 spiro atoms. The maximum absolute atomic E-state index is 12.7. The number of alkyl halides is 3. The molecule has 7 heteroatoms. The van der Waals surface area contributed by atoms with E-state index >= 15 is 0 Å². The standard InChI is InChI=1S/C13H13BrF3N3/c1-20-7-8(6-19-20)4-12(18)10-5-9(13(15,16)17)2-3-11(10)14/h2-3,5-7,12H,4,18H2,1H3. The third kappa shape index (κ3) is 3.40. The van der Waals surface area contributed by atoms with Crippen LogP contribution in [-0.2, 0) is 19.6 Å². The molecule has 108 valence electrons. The van der Waals surface area contributed by atoms with Crippen LogP contribution in [0.3, 0.4) is 0 Å². The summed E-state index contributed by atoms with van der Waals surface area (Å²) in [5.41, 5.74) is 6.63. The highest BCUT2D eigenvalue weighted by Crippen LogP contribution is 2.34. The van der Waals surface area contributed by atoms with Crippen LogP contribution in [0.15, 0.2) is 35.1 Å². The van der Waals surface area contributed by atoms with Gasteiger partial charge in [-0.1, -0.05) is 15.9 Å². The van der Waals surface area contributed by atoms with Crippen LogP contribution in [0.5, 0.6) is 0 Å². The van der Waals surface area contributed by atoms with Gasteiger partial charge in [0.05, 0.1) is 11.8 Å². The maximum Gasteiger partial charge on any atom is 0.416 e. The SMILES string of the molecule is Cn1cc(CC(N)c2cc(C(F)(F)F)ccc2Br)cn1. The average molecular weight is 348 g/mol. The first kappa shape index (κ1) is 15.1. The summed E-state index contributed by atoms with van der Waals surface area (Å²) >= 11 is 3.25. The van der Waals surface area contributed by atoms with Crippen LogP contribution in [0, 0.1) is 0 Å². The lowest BCUT2D eigenvalue weighted by Gasteiger charge is -2.16. The molecule has 1 aromatic heterocycles. The Labute approximate surface area is 122 Å². The van der Waals surface area contributed by atoms with Crippen molar-refractivity contribution in [2.24, 2.45) is 12.8 Å². The summed E-state index contributed by atoms with van der Waals surface area (Å²) in [5, 5.41) is 4.01. The van der Waals surface area contributed by atoms with E-state index in [9.17, 15) is 13.2 Å². The normalized spacial score (nSPS) is 13.5. The number of hydrogen-bond acceptors (Lipinski definition) is 2. The quantitative estimate of drug-likeness (QED) is 0.924. The summed E-state index contributed by atoms with van der Waals surface area (Å²) in [6, 6.07) is 2.97. The molecule has 1 unspecified atom stereocenters. The summed E-state index contributed by atoms with van der Waals surface area (Å²) in [6.45, 7) is 0. The molecule has 2 rings (SSSR count). The molecule has 20 heavy (non-hydrogen) atoms. The molecule has 0 amide bonds. The first-order valence-electron chi connectivity index (χ1n) is 5.87. The third-order valence-electron chi connectivity index (χ3n) is 2.94. The smallest absolute Gasteiger partial charge is 0.324 e. The Morgan fingerprint density at radius 2 is 2.10 bits per heavy atom. The summed E-state index contributed by atoms with van der Waals surface area (Å²) in [4.78, 5) is 0. The Morgan fingerprint density at radius 3 is 2.65 bits per heavy atom. The second-order valence-electron chi connectivity index (χ2n) is 4.57. The topological polar surface area (TPSA) is 43.8 Å². The van der Waals surface area contributed by atoms with Gasteiger partial charge in [-0.05, 0) is 35.7 Å². The van der Waals surface area contributed by atoms with Gasteiger partial charge in [0.25, 0.3) is 0 Å². The van der Waals surface area contributed by atoms with Gasteiger partial charge >= 0.3 is 6.18 Å². The molecule has 0 saturated carbocycles. The van der Waals surface area contributed by atoms with Crippen molar-refractivity contribution >= 4 is 15.9 Å².